The lowest BCUT2D eigenvalue weighted by Gasteiger charge is -2.37. The third kappa shape index (κ3) is 4.58. The average Bonchev–Trinajstić information content (AvgIpc) is 2.59. The molecular formula is C20H29NO3. The normalized spacial score (nSPS) is 25.7. The highest BCUT2D eigenvalue weighted by atomic mass is 16.5. The van der Waals surface area contributed by atoms with Gasteiger partial charge in [0.15, 0.2) is 0 Å². The van der Waals surface area contributed by atoms with E-state index >= 15 is 0 Å². The number of amides is 1. The fraction of sp³-hybridized carbons (Fsp3) is 0.650. The number of ether oxygens (including phenoxy) is 1. The van der Waals surface area contributed by atoms with E-state index in [1.54, 1.807) is 0 Å². The van der Waals surface area contributed by atoms with Gasteiger partial charge in [-0.25, -0.2) is 0 Å². The Balaban J connectivity index is 1.49. The van der Waals surface area contributed by atoms with Crippen LogP contribution in [-0.2, 0) is 16.0 Å². The highest BCUT2D eigenvalue weighted by molar-refractivity contribution is 5.76. The zero-order valence-corrected chi connectivity index (χ0v) is 14.6. The van der Waals surface area contributed by atoms with Gasteiger partial charge in [0.2, 0.25) is 5.91 Å². The molecule has 24 heavy (non-hydrogen) atoms. The molecule has 132 valence electrons. The molecule has 2 atom stereocenters. The Morgan fingerprint density at radius 1 is 1.21 bits per heavy atom. The molecule has 2 fully saturated rings. The summed E-state index contributed by atoms with van der Waals surface area (Å²) in [5.74, 6) is 0.906. The highest BCUT2D eigenvalue weighted by Gasteiger charge is 2.31. The molecule has 0 unspecified atom stereocenters. The Morgan fingerprint density at radius 3 is 2.58 bits per heavy atom. The molecule has 2 heterocycles. The average molecular weight is 331 g/mol. The number of likely N-dealkylation sites (tertiary alicyclic amines) is 1. The van der Waals surface area contributed by atoms with Gasteiger partial charge >= 0.3 is 0 Å². The van der Waals surface area contributed by atoms with E-state index < -0.39 is 6.10 Å². The van der Waals surface area contributed by atoms with Crippen molar-refractivity contribution in [2.75, 3.05) is 26.3 Å². The summed E-state index contributed by atoms with van der Waals surface area (Å²) >= 11 is 0. The lowest BCUT2D eigenvalue weighted by atomic mass is 9.87. The van der Waals surface area contributed by atoms with Crippen LogP contribution in [0.1, 0.15) is 36.8 Å². The number of rotatable bonds is 4. The Morgan fingerprint density at radius 2 is 1.92 bits per heavy atom. The van der Waals surface area contributed by atoms with Crippen LogP contribution in [0.5, 0.6) is 0 Å². The van der Waals surface area contributed by atoms with Crippen LogP contribution in [0.15, 0.2) is 24.3 Å². The predicted molar refractivity (Wildman–Crippen MR) is 93.7 cm³/mol. The number of aliphatic hydroxyl groups excluding tert-OH is 1. The maximum atomic E-state index is 12.5. The van der Waals surface area contributed by atoms with Gasteiger partial charge in [-0.2, -0.15) is 0 Å². The van der Waals surface area contributed by atoms with E-state index in [0.29, 0.717) is 18.9 Å². The first-order valence-corrected chi connectivity index (χ1v) is 9.21. The first-order chi connectivity index (χ1) is 11.6. The molecule has 1 N–H and O–H groups in total. The van der Waals surface area contributed by atoms with Crippen LogP contribution in [0.3, 0.4) is 0 Å². The van der Waals surface area contributed by atoms with Gasteiger partial charge in [0.25, 0.3) is 0 Å². The quantitative estimate of drug-likeness (QED) is 0.922. The van der Waals surface area contributed by atoms with Crippen LogP contribution in [0.25, 0.3) is 0 Å². The van der Waals surface area contributed by atoms with E-state index in [1.807, 2.05) is 4.90 Å². The van der Waals surface area contributed by atoms with Crippen LogP contribution < -0.4 is 0 Å². The second kappa shape index (κ2) is 8.13. The van der Waals surface area contributed by atoms with Crippen molar-refractivity contribution in [2.24, 2.45) is 11.8 Å². The summed E-state index contributed by atoms with van der Waals surface area (Å²) in [6.07, 6.45) is 3.94. The Kier molecular flexibility index (Phi) is 5.90. The van der Waals surface area contributed by atoms with Crippen molar-refractivity contribution in [1.29, 1.82) is 0 Å². The van der Waals surface area contributed by atoms with Crippen LogP contribution in [0, 0.1) is 18.8 Å². The largest absolute Gasteiger partial charge is 0.391 e. The van der Waals surface area contributed by atoms with Crippen molar-refractivity contribution < 1.29 is 14.6 Å². The van der Waals surface area contributed by atoms with Crippen molar-refractivity contribution in [3.8, 4) is 0 Å². The van der Waals surface area contributed by atoms with Crippen molar-refractivity contribution in [3.63, 3.8) is 0 Å². The number of β-amino-alcohol motifs (C(OH)–C–C–N with tert-alkyl or cyclic N) is 1. The molecule has 3 rings (SSSR count). The molecule has 0 aromatic heterocycles. The Bertz CT molecular complexity index is 536. The predicted octanol–water partition coefficient (Wildman–Crippen LogP) is 2.56. The topological polar surface area (TPSA) is 49.8 Å². The van der Waals surface area contributed by atoms with Gasteiger partial charge in [-0.3, -0.25) is 4.79 Å². The van der Waals surface area contributed by atoms with Crippen LogP contribution in [0.2, 0.25) is 0 Å². The molecule has 0 bridgehead atoms. The number of carbonyl (C=O) groups excluding carboxylic acids is 1. The first kappa shape index (κ1) is 17.4. The van der Waals surface area contributed by atoms with E-state index in [9.17, 15) is 9.90 Å². The zero-order chi connectivity index (χ0) is 16.9. The summed E-state index contributed by atoms with van der Waals surface area (Å²) in [7, 11) is 0. The fourth-order valence-corrected chi connectivity index (χ4v) is 3.80. The van der Waals surface area contributed by atoms with E-state index in [-0.39, 0.29) is 11.8 Å². The lowest BCUT2D eigenvalue weighted by molar-refractivity contribution is -0.137. The molecule has 0 saturated carbocycles. The van der Waals surface area contributed by atoms with Crippen molar-refractivity contribution in [2.45, 2.75) is 45.1 Å². The first-order valence-electron chi connectivity index (χ1n) is 9.21. The van der Waals surface area contributed by atoms with E-state index in [2.05, 4.69) is 31.2 Å². The molecule has 0 spiro atoms. The van der Waals surface area contributed by atoms with Crippen LogP contribution in [0.4, 0.5) is 0 Å². The zero-order valence-electron chi connectivity index (χ0n) is 14.6. The molecule has 0 radical (unpaired) electrons. The maximum Gasteiger partial charge on any atom is 0.222 e. The maximum absolute atomic E-state index is 12.5. The van der Waals surface area contributed by atoms with Gasteiger partial charge in [0, 0.05) is 32.7 Å². The fourth-order valence-electron chi connectivity index (χ4n) is 3.80. The van der Waals surface area contributed by atoms with Gasteiger partial charge < -0.3 is 14.7 Å². The minimum atomic E-state index is -0.418. The molecule has 0 aliphatic carbocycles. The van der Waals surface area contributed by atoms with Crippen LogP contribution in [-0.4, -0.2) is 48.3 Å². The summed E-state index contributed by atoms with van der Waals surface area (Å²) in [6.45, 7) is 4.90. The summed E-state index contributed by atoms with van der Waals surface area (Å²) in [4.78, 5) is 14.4. The third-order valence-electron chi connectivity index (χ3n) is 5.50. The van der Waals surface area contributed by atoms with Gasteiger partial charge in [-0.05, 0) is 50.0 Å². The number of benzene rings is 1. The SMILES string of the molecule is Cc1ccc(C[C@H]2CCN(C(=O)CC3CCOCC3)C[C@H]2O)cc1. The molecule has 2 aliphatic heterocycles. The standard InChI is InChI=1S/C20H29NO3/c1-15-2-4-16(5-3-15)12-18-6-9-21(14-19(18)22)20(23)13-17-7-10-24-11-8-17/h2-5,17-19,22H,6-14H2,1H3/t18-,19-/m1/s1. The third-order valence-corrected chi connectivity index (χ3v) is 5.50. The van der Waals surface area contributed by atoms with E-state index in [1.165, 1.54) is 11.1 Å². The molecule has 2 aliphatic rings. The summed E-state index contributed by atoms with van der Waals surface area (Å²) < 4.78 is 5.36. The Hall–Kier alpha value is -1.39. The van der Waals surface area contributed by atoms with Crippen molar-refractivity contribution in [3.05, 3.63) is 35.4 Å². The minimum Gasteiger partial charge on any atom is -0.391 e. The van der Waals surface area contributed by atoms with Crippen molar-refractivity contribution >= 4 is 5.91 Å². The number of nitrogens with zero attached hydrogens (tertiary/aromatic N) is 1. The highest BCUT2D eigenvalue weighted by Crippen LogP contribution is 2.25. The number of hydrogen-bond acceptors (Lipinski definition) is 3. The lowest BCUT2D eigenvalue weighted by Crippen LogP contribution is -2.47. The Labute approximate surface area is 144 Å². The van der Waals surface area contributed by atoms with E-state index in [0.717, 1.165) is 45.4 Å². The van der Waals surface area contributed by atoms with Gasteiger partial charge in [-0.1, -0.05) is 29.8 Å². The summed E-state index contributed by atoms with van der Waals surface area (Å²) in [5.41, 5.74) is 2.53. The summed E-state index contributed by atoms with van der Waals surface area (Å²) in [6, 6.07) is 8.53. The summed E-state index contributed by atoms with van der Waals surface area (Å²) in [5, 5.41) is 10.5. The molecule has 4 heteroatoms. The van der Waals surface area contributed by atoms with Gasteiger partial charge in [-0.15, -0.1) is 0 Å². The second-order valence-electron chi connectivity index (χ2n) is 7.41. The molecule has 1 aromatic rings. The minimum absolute atomic E-state index is 0.203. The number of aliphatic hydroxyl groups is 1. The smallest absolute Gasteiger partial charge is 0.222 e. The monoisotopic (exact) mass is 331 g/mol. The molecular weight excluding hydrogens is 302 g/mol. The van der Waals surface area contributed by atoms with Gasteiger partial charge in [0.1, 0.15) is 0 Å². The molecule has 1 amide bonds. The van der Waals surface area contributed by atoms with Crippen molar-refractivity contribution in [1.82, 2.24) is 4.90 Å². The molecule has 2 saturated heterocycles. The number of carbonyl (C=O) groups is 1. The second-order valence-corrected chi connectivity index (χ2v) is 7.41. The van der Waals surface area contributed by atoms with E-state index in [4.69, 9.17) is 4.74 Å². The number of hydrogen-bond donors (Lipinski definition) is 1. The molecule has 4 nitrogen and oxygen atoms in total. The molecule has 1 aromatic carbocycles. The number of piperidine rings is 1. The number of aryl methyl sites for hydroxylation is 1. The van der Waals surface area contributed by atoms with Crippen LogP contribution >= 0.6 is 0 Å². The van der Waals surface area contributed by atoms with Gasteiger partial charge in [0.05, 0.1) is 6.10 Å².